The molecule has 0 rings (SSSR count). The molecule has 0 saturated heterocycles. The summed E-state index contributed by atoms with van der Waals surface area (Å²) in [6.45, 7) is 0. The van der Waals surface area contributed by atoms with Crippen LogP contribution in [0.5, 0.6) is 0 Å². The normalized spacial score (nSPS) is 3.67. The zero-order valence-corrected chi connectivity index (χ0v) is 3.12. The molecule has 0 amide bonds. The van der Waals surface area contributed by atoms with Gasteiger partial charge in [-0.05, 0) is 0 Å². The predicted molar refractivity (Wildman–Crippen MR) is 27.4 cm³/mol. The topological polar surface area (TPSA) is 47.6 Å². The van der Waals surface area contributed by atoms with Gasteiger partial charge in [0.05, 0.1) is 11.8 Å². The fourth-order valence-corrected chi connectivity index (χ4v) is 0.0612. The zero-order valence-electron chi connectivity index (χ0n) is 2.30. The lowest BCUT2D eigenvalue weighted by Gasteiger charge is -1.44. The van der Waals surface area contributed by atoms with E-state index in [0.717, 1.165) is 0 Å². The summed E-state index contributed by atoms with van der Waals surface area (Å²) in [5.74, 6) is 0. The van der Waals surface area contributed by atoms with Gasteiger partial charge < -0.3 is 0 Å². The Labute approximate surface area is 56.3 Å². The van der Waals surface area contributed by atoms with Crippen LogP contribution in [0.15, 0.2) is 0 Å². The summed E-state index contributed by atoms with van der Waals surface area (Å²) in [5, 5.41) is 18.3. The first-order valence-corrected chi connectivity index (χ1v) is 1.67. The van der Waals surface area contributed by atoms with Crippen molar-refractivity contribution in [2.45, 2.75) is 0 Å². The van der Waals surface area contributed by atoms with E-state index in [0.29, 0.717) is 11.8 Å². The molecule has 0 saturated carbocycles. The van der Waals surface area contributed by atoms with Crippen LogP contribution in [0.2, 0.25) is 0 Å². The lowest BCUT2D eigenvalue weighted by molar-refractivity contribution is 1.56. The van der Waals surface area contributed by atoms with E-state index < -0.39 is 0 Å². The highest BCUT2D eigenvalue weighted by Gasteiger charge is 1.62. The smallest absolute Gasteiger partial charge is 0.184 e. The Morgan fingerprint density at radius 3 is 1.50 bits per heavy atom. The number of thiocyanates is 2. The quantitative estimate of drug-likeness (QED) is 0.320. The summed E-state index contributed by atoms with van der Waals surface area (Å²) in [6, 6.07) is 0. The highest BCUT2D eigenvalue weighted by Crippen LogP contribution is 1.85. The molecule has 0 N–H and O–H groups in total. The molecule has 4 heteroatoms. The number of hydrogen-bond acceptors (Lipinski definition) is 3. The molecule has 0 aliphatic carbocycles. The Morgan fingerprint density at radius 1 is 1.17 bits per heavy atom. The fraction of sp³-hybridized carbons (Fsp3) is 0. The molecule has 0 fully saturated rings. The number of rotatable bonds is 0. The van der Waals surface area contributed by atoms with Crippen molar-refractivity contribution >= 4 is 34.8 Å². The lowest BCUT2D eigenvalue weighted by atomic mass is 11.8. The SMILES string of the molecule is N#CSC#N.[MgH2]. The summed E-state index contributed by atoms with van der Waals surface area (Å²) in [5.41, 5.74) is 0. The fourth-order valence-electron chi connectivity index (χ4n) is 0.0204. The third kappa shape index (κ3) is 8.94. The number of thioether (sulfide) groups is 1. The number of hydrogen-bond donors (Lipinski definition) is 0. The van der Waals surface area contributed by atoms with Crippen LogP contribution in [0.3, 0.4) is 0 Å². The lowest BCUT2D eigenvalue weighted by Crippen LogP contribution is -1.29. The van der Waals surface area contributed by atoms with Gasteiger partial charge in [-0.1, -0.05) is 0 Å². The van der Waals surface area contributed by atoms with Gasteiger partial charge in [0.1, 0.15) is 10.8 Å². The van der Waals surface area contributed by atoms with Crippen molar-refractivity contribution in [2.24, 2.45) is 0 Å². The highest BCUT2D eigenvalue weighted by atomic mass is 32.2. The summed E-state index contributed by atoms with van der Waals surface area (Å²) in [6.07, 6.45) is 0. The minimum atomic E-state index is 0. The van der Waals surface area contributed by atoms with Gasteiger partial charge in [-0.25, -0.2) is 0 Å². The first kappa shape index (κ1) is 9.44. The maximum Gasteiger partial charge on any atom is 0.316 e. The van der Waals surface area contributed by atoms with Crippen LogP contribution in [0, 0.1) is 21.3 Å². The number of nitrogens with zero attached hydrogens (tertiary/aromatic N) is 2. The van der Waals surface area contributed by atoms with E-state index >= 15 is 0 Å². The van der Waals surface area contributed by atoms with E-state index in [2.05, 4.69) is 0 Å². The third-order valence-electron chi connectivity index (χ3n) is 0.0913. The van der Waals surface area contributed by atoms with Crippen LogP contribution < -0.4 is 0 Å². The first-order chi connectivity index (χ1) is 2.41. The molecule has 28 valence electrons. The van der Waals surface area contributed by atoms with E-state index in [-0.39, 0.29) is 23.1 Å². The molecule has 2 nitrogen and oxygen atoms in total. The van der Waals surface area contributed by atoms with Crippen molar-refractivity contribution in [1.29, 1.82) is 10.5 Å². The van der Waals surface area contributed by atoms with Gasteiger partial charge in [0.15, 0.2) is 0 Å². The van der Waals surface area contributed by atoms with E-state index in [4.69, 9.17) is 10.5 Å². The van der Waals surface area contributed by atoms with Crippen LogP contribution in [-0.2, 0) is 0 Å². The van der Waals surface area contributed by atoms with E-state index in [1.807, 2.05) is 0 Å². The summed E-state index contributed by atoms with van der Waals surface area (Å²) >= 11 is 0.574. The van der Waals surface area contributed by atoms with Crippen LogP contribution in [-0.4, -0.2) is 23.1 Å². The van der Waals surface area contributed by atoms with Crippen LogP contribution in [0.25, 0.3) is 0 Å². The molecule has 0 aliphatic heterocycles. The molecular weight excluding hydrogens is 108 g/mol. The maximum absolute atomic E-state index is 7.56. The molecule has 0 aromatic carbocycles. The maximum atomic E-state index is 7.56. The van der Waals surface area contributed by atoms with Crippen molar-refractivity contribution < 1.29 is 0 Å². The Bertz CT molecular complexity index is 76.7. The average Bonchev–Trinajstić information content (AvgIpc) is 1.41. The van der Waals surface area contributed by atoms with Crippen molar-refractivity contribution in [3.05, 3.63) is 0 Å². The second kappa shape index (κ2) is 8.92. The molecule has 0 radical (unpaired) electrons. The Kier molecular flexibility index (Phi) is 14.0. The monoisotopic (exact) mass is 110 g/mol. The molecule has 0 spiro atoms. The molecule has 0 aliphatic rings. The van der Waals surface area contributed by atoms with Crippen molar-refractivity contribution in [3.8, 4) is 10.8 Å². The molecular formula is C2H2MgN2S. The molecule has 0 atom stereocenters. The first-order valence-electron chi connectivity index (χ1n) is 0.855. The number of nitriles is 2. The molecule has 0 heterocycles. The Morgan fingerprint density at radius 2 is 1.50 bits per heavy atom. The predicted octanol–water partition coefficient (Wildman–Crippen LogP) is -0.234. The Hall–Kier alpha value is 0.0962. The highest BCUT2D eigenvalue weighted by molar-refractivity contribution is 8.07. The second-order valence-electron chi connectivity index (χ2n) is 0.285. The minimum absolute atomic E-state index is 0. The van der Waals surface area contributed by atoms with Crippen LogP contribution in [0.4, 0.5) is 0 Å². The zero-order chi connectivity index (χ0) is 4.12. The van der Waals surface area contributed by atoms with Crippen molar-refractivity contribution in [2.75, 3.05) is 0 Å². The minimum Gasteiger partial charge on any atom is -0.184 e. The van der Waals surface area contributed by atoms with E-state index in [9.17, 15) is 0 Å². The summed E-state index contributed by atoms with van der Waals surface area (Å²) in [7, 11) is 0. The molecule has 0 aromatic rings. The molecule has 0 aromatic heterocycles. The van der Waals surface area contributed by atoms with Crippen LogP contribution in [0.1, 0.15) is 0 Å². The Balaban J connectivity index is 0. The van der Waals surface area contributed by atoms with Crippen molar-refractivity contribution in [1.82, 2.24) is 0 Å². The molecule has 0 unspecified atom stereocenters. The van der Waals surface area contributed by atoms with Gasteiger partial charge in [-0.15, -0.1) is 0 Å². The molecule has 0 bridgehead atoms. The standard InChI is InChI=1S/C2N2S.Mg.2H/c3-1-5-2-4;;;. The van der Waals surface area contributed by atoms with Crippen molar-refractivity contribution in [3.63, 3.8) is 0 Å². The van der Waals surface area contributed by atoms with Gasteiger partial charge in [0, 0.05) is 0 Å². The van der Waals surface area contributed by atoms with Crippen LogP contribution >= 0.6 is 11.8 Å². The summed E-state index contributed by atoms with van der Waals surface area (Å²) < 4.78 is 0. The van der Waals surface area contributed by atoms with Gasteiger partial charge in [0.25, 0.3) is 0 Å². The van der Waals surface area contributed by atoms with E-state index in [1.54, 1.807) is 10.8 Å². The second-order valence-corrected chi connectivity index (χ2v) is 0.854. The summed E-state index contributed by atoms with van der Waals surface area (Å²) in [4.78, 5) is 0. The largest absolute Gasteiger partial charge is 0.316 e. The van der Waals surface area contributed by atoms with Gasteiger partial charge >= 0.3 is 23.1 Å². The third-order valence-corrected chi connectivity index (χ3v) is 0.274. The average molecular weight is 110 g/mol. The van der Waals surface area contributed by atoms with Gasteiger partial charge in [-0.3, -0.25) is 0 Å². The van der Waals surface area contributed by atoms with E-state index in [1.165, 1.54) is 0 Å². The van der Waals surface area contributed by atoms with Gasteiger partial charge in [0.2, 0.25) is 0 Å². The van der Waals surface area contributed by atoms with Gasteiger partial charge in [-0.2, -0.15) is 10.5 Å². The molecule has 6 heavy (non-hydrogen) atoms.